The van der Waals surface area contributed by atoms with Gasteiger partial charge >= 0.3 is 12.1 Å². The van der Waals surface area contributed by atoms with E-state index in [1.807, 2.05) is 0 Å². The van der Waals surface area contributed by atoms with Crippen LogP contribution in [0.4, 0.5) is 18.9 Å². The third kappa shape index (κ3) is 3.14. The zero-order chi connectivity index (χ0) is 15.7. The zero-order valence-corrected chi connectivity index (χ0v) is 11.7. The lowest BCUT2D eigenvalue weighted by Gasteiger charge is -2.39. The number of hydrogen-bond donors (Lipinski definition) is 2. The first-order chi connectivity index (χ1) is 9.75. The molecule has 1 saturated carbocycles. The first-order valence-corrected chi connectivity index (χ1v) is 6.91. The Bertz CT molecular complexity index is 530. The summed E-state index contributed by atoms with van der Waals surface area (Å²) in [7, 11) is 0. The summed E-state index contributed by atoms with van der Waals surface area (Å²) in [6.45, 7) is 1.60. The molecule has 2 rings (SSSR count). The molecule has 6 heteroatoms. The second kappa shape index (κ2) is 5.58. The number of carbonyl (C=O) groups is 1. The van der Waals surface area contributed by atoms with Crippen LogP contribution in [0.15, 0.2) is 24.3 Å². The number of rotatable bonds is 3. The van der Waals surface area contributed by atoms with Crippen LogP contribution < -0.4 is 5.32 Å². The van der Waals surface area contributed by atoms with Gasteiger partial charge in [0.05, 0.1) is 11.0 Å². The van der Waals surface area contributed by atoms with Gasteiger partial charge < -0.3 is 10.4 Å². The van der Waals surface area contributed by atoms with Gasteiger partial charge in [-0.3, -0.25) is 4.79 Å². The Morgan fingerprint density at radius 3 is 2.62 bits per heavy atom. The Kier molecular flexibility index (Phi) is 4.16. The third-order valence-electron chi connectivity index (χ3n) is 4.26. The number of para-hydroxylation sites is 1. The predicted octanol–water partition coefficient (Wildman–Crippen LogP) is 4.15. The van der Waals surface area contributed by atoms with Gasteiger partial charge in [0.15, 0.2) is 0 Å². The molecule has 1 aliphatic carbocycles. The second-order valence-electron chi connectivity index (χ2n) is 5.71. The summed E-state index contributed by atoms with van der Waals surface area (Å²) in [5, 5.41) is 12.2. The Balaban J connectivity index is 2.31. The number of anilines is 1. The number of hydrogen-bond acceptors (Lipinski definition) is 2. The quantitative estimate of drug-likeness (QED) is 0.881. The molecule has 1 aromatic rings. The largest absolute Gasteiger partial charge is 0.481 e. The third-order valence-corrected chi connectivity index (χ3v) is 4.26. The van der Waals surface area contributed by atoms with Crippen molar-refractivity contribution in [1.82, 2.24) is 0 Å². The van der Waals surface area contributed by atoms with Crippen molar-refractivity contribution in [3.63, 3.8) is 0 Å². The van der Waals surface area contributed by atoms with E-state index >= 15 is 0 Å². The number of nitrogens with one attached hydrogen (secondary N) is 1. The maximum absolute atomic E-state index is 13.0. The number of carboxylic acid groups (broad SMARTS) is 1. The van der Waals surface area contributed by atoms with Crippen LogP contribution in [0.2, 0.25) is 0 Å². The van der Waals surface area contributed by atoms with Crippen LogP contribution in [0.25, 0.3) is 0 Å². The van der Waals surface area contributed by atoms with Crippen molar-refractivity contribution in [2.75, 3.05) is 5.32 Å². The summed E-state index contributed by atoms with van der Waals surface area (Å²) >= 11 is 0. The molecule has 2 unspecified atom stereocenters. The summed E-state index contributed by atoms with van der Waals surface area (Å²) in [5.74, 6) is -0.968. The fraction of sp³-hybridized carbons (Fsp3) is 0.533. The number of benzene rings is 1. The fourth-order valence-electron chi connectivity index (χ4n) is 2.86. The number of carboxylic acids is 1. The summed E-state index contributed by atoms with van der Waals surface area (Å²) in [6, 6.07) is 4.68. The Morgan fingerprint density at radius 2 is 2.00 bits per heavy atom. The van der Waals surface area contributed by atoms with E-state index < -0.39 is 29.2 Å². The standard InChI is InChI=1S/C15H18F3NO2/c1-14(13(20)21)9-5-4-8-12(14)19-11-7-3-2-6-10(11)15(16,17)18/h2-3,6-7,12,19H,4-5,8-9H2,1H3,(H,20,21). The van der Waals surface area contributed by atoms with Crippen LogP contribution in [-0.2, 0) is 11.0 Å². The van der Waals surface area contributed by atoms with Crippen molar-refractivity contribution >= 4 is 11.7 Å². The highest BCUT2D eigenvalue weighted by Gasteiger charge is 2.44. The minimum atomic E-state index is -4.46. The summed E-state index contributed by atoms with van der Waals surface area (Å²) in [6.07, 6.45) is -1.85. The van der Waals surface area contributed by atoms with Crippen molar-refractivity contribution in [3.05, 3.63) is 29.8 Å². The van der Waals surface area contributed by atoms with Crippen molar-refractivity contribution in [1.29, 1.82) is 0 Å². The van der Waals surface area contributed by atoms with Crippen molar-refractivity contribution in [3.8, 4) is 0 Å². The van der Waals surface area contributed by atoms with Crippen LogP contribution >= 0.6 is 0 Å². The lowest BCUT2D eigenvalue weighted by Crippen LogP contribution is -2.46. The Morgan fingerprint density at radius 1 is 1.33 bits per heavy atom. The summed E-state index contributed by atoms with van der Waals surface area (Å²) < 4.78 is 39.0. The average Bonchev–Trinajstić information content (AvgIpc) is 2.41. The lowest BCUT2D eigenvalue weighted by molar-refractivity contribution is -0.150. The normalized spacial score (nSPS) is 26.4. The second-order valence-corrected chi connectivity index (χ2v) is 5.71. The van der Waals surface area contributed by atoms with Crippen molar-refractivity contribution in [2.45, 2.75) is 44.8 Å². The molecule has 1 aromatic carbocycles. The van der Waals surface area contributed by atoms with Gasteiger partial charge in [-0.1, -0.05) is 25.0 Å². The molecule has 1 aliphatic rings. The molecule has 2 atom stereocenters. The molecule has 116 valence electrons. The van der Waals surface area contributed by atoms with E-state index in [4.69, 9.17) is 0 Å². The van der Waals surface area contributed by atoms with E-state index in [1.54, 1.807) is 6.92 Å². The highest BCUT2D eigenvalue weighted by atomic mass is 19.4. The van der Waals surface area contributed by atoms with E-state index in [1.165, 1.54) is 18.2 Å². The molecule has 3 nitrogen and oxygen atoms in total. The molecule has 0 aliphatic heterocycles. The van der Waals surface area contributed by atoms with Crippen LogP contribution in [0, 0.1) is 5.41 Å². The molecule has 21 heavy (non-hydrogen) atoms. The zero-order valence-electron chi connectivity index (χ0n) is 11.7. The molecular formula is C15H18F3NO2. The molecule has 0 aromatic heterocycles. The average molecular weight is 301 g/mol. The minimum Gasteiger partial charge on any atom is -0.481 e. The van der Waals surface area contributed by atoms with E-state index in [-0.39, 0.29) is 5.69 Å². The van der Waals surface area contributed by atoms with E-state index in [9.17, 15) is 23.1 Å². The summed E-state index contributed by atoms with van der Waals surface area (Å²) in [5.41, 5.74) is -1.86. The smallest absolute Gasteiger partial charge is 0.418 e. The lowest BCUT2D eigenvalue weighted by atomic mass is 9.71. The van der Waals surface area contributed by atoms with Gasteiger partial charge in [0.1, 0.15) is 0 Å². The summed E-state index contributed by atoms with van der Waals surface area (Å²) in [4.78, 5) is 11.5. The Hall–Kier alpha value is -1.72. The highest BCUT2D eigenvalue weighted by Crippen LogP contribution is 2.41. The fourth-order valence-corrected chi connectivity index (χ4v) is 2.86. The molecule has 2 N–H and O–H groups in total. The molecule has 0 radical (unpaired) electrons. The molecule has 1 fully saturated rings. The van der Waals surface area contributed by atoms with E-state index in [0.29, 0.717) is 12.8 Å². The van der Waals surface area contributed by atoms with Gasteiger partial charge in [-0.15, -0.1) is 0 Å². The Labute approximate surface area is 121 Å². The van der Waals surface area contributed by atoms with Gasteiger partial charge in [-0.2, -0.15) is 13.2 Å². The molecule has 0 heterocycles. The number of halogens is 3. The van der Waals surface area contributed by atoms with Gasteiger partial charge in [0.25, 0.3) is 0 Å². The molecular weight excluding hydrogens is 283 g/mol. The first-order valence-electron chi connectivity index (χ1n) is 6.91. The number of alkyl halides is 3. The maximum atomic E-state index is 13.0. The molecule has 0 bridgehead atoms. The number of aliphatic carboxylic acids is 1. The first kappa shape index (κ1) is 15.7. The van der Waals surface area contributed by atoms with Crippen molar-refractivity contribution < 1.29 is 23.1 Å². The highest BCUT2D eigenvalue weighted by molar-refractivity contribution is 5.76. The van der Waals surface area contributed by atoms with Gasteiger partial charge in [0, 0.05) is 11.7 Å². The maximum Gasteiger partial charge on any atom is 0.418 e. The van der Waals surface area contributed by atoms with Crippen LogP contribution in [0.5, 0.6) is 0 Å². The van der Waals surface area contributed by atoms with E-state index in [0.717, 1.165) is 18.9 Å². The van der Waals surface area contributed by atoms with E-state index in [2.05, 4.69) is 5.32 Å². The van der Waals surface area contributed by atoms with Gasteiger partial charge in [-0.25, -0.2) is 0 Å². The van der Waals surface area contributed by atoms with Crippen LogP contribution in [0.1, 0.15) is 38.2 Å². The van der Waals surface area contributed by atoms with Gasteiger partial charge in [0.2, 0.25) is 0 Å². The van der Waals surface area contributed by atoms with Gasteiger partial charge in [-0.05, 0) is 31.9 Å². The molecule has 0 saturated heterocycles. The molecule has 0 spiro atoms. The SMILES string of the molecule is CC1(C(=O)O)CCCCC1Nc1ccccc1C(F)(F)F. The monoisotopic (exact) mass is 301 g/mol. The minimum absolute atomic E-state index is 0.0515. The molecule has 0 amide bonds. The van der Waals surface area contributed by atoms with Crippen LogP contribution in [0.3, 0.4) is 0 Å². The predicted molar refractivity (Wildman–Crippen MR) is 73.1 cm³/mol. The van der Waals surface area contributed by atoms with Crippen molar-refractivity contribution in [2.24, 2.45) is 5.41 Å². The van der Waals surface area contributed by atoms with Crippen LogP contribution in [-0.4, -0.2) is 17.1 Å². The topological polar surface area (TPSA) is 49.3 Å².